The van der Waals surface area contributed by atoms with Crippen molar-refractivity contribution in [3.05, 3.63) is 29.3 Å². The number of hydrogen-bond donors (Lipinski definition) is 0. The van der Waals surface area contributed by atoms with Crippen LogP contribution in [0.5, 0.6) is 5.75 Å². The van der Waals surface area contributed by atoms with Gasteiger partial charge in [-0.1, -0.05) is 46.8 Å². The van der Waals surface area contributed by atoms with Gasteiger partial charge in [-0.15, -0.1) is 0 Å². The zero-order chi connectivity index (χ0) is 12.3. The molecule has 0 aromatic heterocycles. The normalized spacial score (nSPS) is 11.9. The highest BCUT2D eigenvalue weighted by atomic mass is 31.0. The molecule has 0 aliphatic heterocycles. The number of benzene rings is 1. The summed E-state index contributed by atoms with van der Waals surface area (Å²) in [6.07, 6.45) is 1.06. The van der Waals surface area contributed by atoms with E-state index < -0.39 is 0 Å². The van der Waals surface area contributed by atoms with E-state index in [-0.39, 0.29) is 5.41 Å². The molecule has 0 aliphatic carbocycles. The van der Waals surface area contributed by atoms with Crippen LogP contribution in [0.4, 0.5) is 0 Å². The van der Waals surface area contributed by atoms with E-state index in [0.717, 1.165) is 12.2 Å². The molecule has 0 N–H and O–H groups in total. The molecule has 0 fully saturated rings. The smallest absolute Gasteiger partial charge is 0.125 e. The molecule has 1 aromatic rings. The van der Waals surface area contributed by atoms with Crippen molar-refractivity contribution in [3.63, 3.8) is 0 Å². The summed E-state index contributed by atoms with van der Waals surface area (Å²) in [5, 5.41) is 0. The molecule has 1 aromatic carbocycles. The highest BCUT2D eigenvalue weighted by molar-refractivity contribution is 7.10. The molecule has 0 aliphatic rings. The van der Waals surface area contributed by atoms with Gasteiger partial charge in [0.2, 0.25) is 0 Å². The zero-order valence-electron chi connectivity index (χ0n) is 11.0. The molecule has 1 unspecified atom stereocenters. The average molecular weight is 238 g/mol. The van der Waals surface area contributed by atoms with Crippen LogP contribution in [0, 0.1) is 5.92 Å². The summed E-state index contributed by atoms with van der Waals surface area (Å²) in [6, 6.07) is 6.51. The van der Waals surface area contributed by atoms with E-state index in [1.165, 1.54) is 11.1 Å². The summed E-state index contributed by atoms with van der Waals surface area (Å²) in [5.74, 6) is 1.63. The van der Waals surface area contributed by atoms with Gasteiger partial charge in [-0.2, -0.15) is 0 Å². The second kappa shape index (κ2) is 5.19. The van der Waals surface area contributed by atoms with Gasteiger partial charge in [0, 0.05) is 0 Å². The van der Waals surface area contributed by atoms with Crippen LogP contribution in [-0.4, -0.2) is 0 Å². The lowest BCUT2D eigenvalue weighted by Crippen LogP contribution is -2.12. The Bertz CT molecular complexity index is 350. The third kappa shape index (κ3) is 3.49. The molecule has 0 saturated carbocycles. The van der Waals surface area contributed by atoms with Crippen LogP contribution in [0.1, 0.15) is 45.7 Å². The lowest BCUT2D eigenvalue weighted by atomic mass is 9.85. The first-order chi connectivity index (χ1) is 7.34. The zero-order valence-corrected chi connectivity index (χ0v) is 12.2. The highest BCUT2D eigenvalue weighted by Crippen LogP contribution is 2.30. The van der Waals surface area contributed by atoms with E-state index in [1.807, 2.05) is 0 Å². The van der Waals surface area contributed by atoms with Crippen LogP contribution in [0.3, 0.4) is 0 Å². The first-order valence-electron chi connectivity index (χ1n) is 5.84. The fourth-order valence-electron chi connectivity index (χ4n) is 1.76. The summed E-state index contributed by atoms with van der Waals surface area (Å²) in [5.41, 5.74) is 2.87. The Morgan fingerprint density at radius 1 is 1.25 bits per heavy atom. The summed E-state index contributed by atoms with van der Waals surface area (Å²) in [6.45, 7) is 11.2. The van der Waals surface area contributed by atoms with Gasteiger partial charge < -0.3 is 4.52 Å². The van der Waals surface area contributed by atoms with Gasteiger partial charge in [0.1, 0.15) is 5.75 Å². The van der Waals surface area contributed by atoms with Crippen molar-refractivity contribution in [3.8, 4) is 5.75 Å². The Morgan fingerprint density at radius 2 is 1.88 bits per heavy atom. The highest BCUT2D eigenvalue weighted by Gasteiger charge is 2.16. The van der Waals surface area contributed by atoms with E-state index in [9.17, 15) is 0 Å². The molecule has 0 heterocycles. The molecular weight excluding hydrogens is 215 g/mol. The minimum atomic E-state index is 0.200. The molecule has 1 atom stereocenters. The first kappa shape index (κ1) is 13.5. The standard InChI is InChI=1S/C14H23OP/c1-10(2)8-11-9-12(14(3,4)5)6-7-13(11)15-16/h6-7,9-10H,8,16H2,1-5H3. The van der Waals surface area contributed by atoms with Crippen molar-refractivity contribution in [2.45, 2.75) is 46.5 Å². The maximum absolute atomic E-state index is 5.33. The van der Waals surface area contributed by atoms with Crippen molar-refractivity contribution in [2.75, 3.05) is 0 Å². The monoisotopic (exact) mass is 238 g/mol. The lowest BCUT2D eigenvalue weighted by molar-refractivity contribution is 0.572. The first-order valence-corrected chi connectivity index (χ1v) is 6.32. The van der Waals surface area contributed by atoms with Crippen LogP contribution in [0.2, 0.25) is 0 Å². The molecule has 16 heavy (non-hydrogen) atoms. The van der Waals surface area contributed by atoms with Gasteiger partial charge >= 0.3 is 0 Å². The van der Waals surface area contributed by atoms with Gasteiger partial charge in [-0.3, -0.25) is 0 Å². The molecule has 0 saturated heterocycles. The summed E-state index contributed by atoms with van der Waals surface area (Å²) in [4.78, 5) is 0. The maximum Gasteiger partial charge on any atom is 0.125 e. The van der Waals surface area contributed by atoms with Crippen molar-refractivity contribution < 1.29 is 4.52 Å². The van der Waals surface area contributed by atoms with Gasteiger partial charge in [-0.05, 0) is 34.9 Å². The second-order valence-corrected chi connectivity index (χ2v) is 6.02. The Morgan fingerprint density at radius 3 is 2.31 bits per heavy atom. The average Bonchev–Trinajstić information content (AvgIpc) is 2.15. The summed E-state index contributed by atoms with van der Waals surface area (Å²) in [7, 11) is 2.34. The van der Waals surface area contributed by atoms with E-state index in [2.05, 4.69) is 62.3 Å². The SMILES string of the molecule is CC(C)Cc1cc(C(C)(C)C)ccc1OP. The van der Waals surface area contributed by atoms with Crippen LogP contribution in [0.25, 0.3) is 0 Å². The predicted octanol–water partition coefficient (Wildman–Crippen LogP) is 4.35. The predicted molar refractivity (Wildman–Crippen MR) is 74.0 cm³/mol. The Labute approximate surface area is 102 Å². The molecule has 0 bridgehead atoms. The molecule has 0 spiro atoms. The molecule has 0 radical (unpaired) electrons. The Hall–Kier alpha value is -0.550. The molecule has 1 nitrogen and oxygen atoms in total. The molecule has 2 heteroatoms. The van der Waals surface area contributed by atoms with E-state index in [4.69, 9.17) is 4.52 Å². The summed E-state index contributed by atoms with van der Waals surface area (Å²) < 4.78 is 5.33. The van der Waals surface area contributed by atoms with Crippen molar-refractivity contribution >= 4 is 9.47 Å². The number of rotatable bonds is 3. The largest absolute Gasteiger partial charge is 0.480 e. The molecule has 90 valence electrons. The third-order valence-corrected chi connectivity index (χ3v) is 2.94. The lowest BCUT2D eigenvalue weighted by Gasteiger charge is -2.21. The fraction of sp³-hybridized carbons (Fsp3) is 0.571. The molecule has 1 rings (SSSR count). The Balaban J connectivity index is 3.11. The second-order valence-electron chi connectivity index (χ2n) is 5.79. The van der Waals surface area contributed by atoms with Crippen LogP contribution >= 0.6 is 9.47 Å². The van der Waals surface area contributed by atoms with Crippen molar-refractivity contribution in [1.29, 1.82) is 0 Å². The van der Waals surface area contributed by atoms with E-state index in [0.29, 0.717) is 5.92 Å². The molecule has 0 amide bonds. The molecular formula is C14H23OP. The fourth-order valence-corrected chi connectivity index (χ4v) is 1.99. The van der Waals surface area contributed by atoms with Crippen molar-refractivity contribution in [1.82, 2.24) is 0 Å². The maximum atomic E-state index is 5.33. The van der Waals surface area contributed by atoms with E-state index >= 15 is 0 Å². The topological polar surface area (TPSA) is 9.23 Å². The van der Waals surface area contributed by atoms with Gasteiger partial charge in [0.15, 0.2) is 0 Å². The van der Waals surface area contributed by atoms with Crippen LogP contribution in [0.15, 0.2) is 18.2 Å². The van der Waals surface area contributed by atoms with Gasteiger partial charge in [0.25, 0.3) is 0 Å². The summed E-state index contributed by atoms with van der Waals surface area (Å²) >= 11 is 0. The minimum absolute atomic E-state index is 0.200. The van der Waals surface area contributed by atoms with Gasteiger partial charge in [-0.25, -0.2) is 0 Å². The van der Waals surface area contributed by atoms with E-state index in [1.54, 1.807) is 0 Å². The third-order valence-electron chi connectivity index (χ3n) is 2.68. The van der Waals surface area contributed by atoms with Crippen molar-refractivity contribution in [2.24, 2.45) is 5.92 Å². The van der Waals surface area contributed by atoms with Crippen LogP contribution < -0.4 is 4.52 Å². The number of hydrogen-bond acceptors (Lipinski definition) is 1. The quantitative estimate of drug-likeness (QED) is 0.711. The Kier molecular flexibility index (Phi) is 4.38. The van der Waals surface area contributed by atoms with Crippen LogP contribution in [-0.2, 0) is 11.8 Å². The van der Waals surface area contributed by atoms with Gasteiger partial charge in [0.05, 0.1) is 9.47 Å². The minimum Gasteiger partial charge on any atom is -0.480 e.